The van der Waals surface area contributed by atoms with E-state index in [-0.39, 0.29) is 18.0 Å². The van der Waals surface area contributed by atoms with Crippen LogP contribution in [-0.4, -0.2) is 24.1 Å². The molecule has 0 saturated heterocycles. The molecule has 5 heteroatoms. The summed E-state index contributed by atoms with van der Waals surface area (Å²) in [6.07, 6.45) is 0. The van der Waals surface area contributed by atoms with Crippen molar-refractivity contribution in [3.63, 3.8) is 0 Å². The van der Waals surface area contributed by atoms with E-state index in [2.05, 4.69) is 5.32 Å². The Morgan fingerprint density at radius 2 is 2.12 bits per heavy atom. The van der Waals surface area contributed by atoms with E-state index in [9.17, 15) is 9.59 Å². The highest BCUT2D eigenvalue weighted by molar-refractivity contribution is 5.88. The van der Waals surface area contributed by atoms with Crippen LogP contribution in [0.1, 0.15) is 22.8 Å². The normalized spacial score (nSPS) is 9.62. The van der Waals surface area contributed by atoms with Crippen LogP contribution in [-0.2, 0) is 11.3 Å². The van der Waals surface area contributed by atoms with Gasteiger partial charge in [0.2, 0.25) is 5.91 Å². The first-order valence-electron chi connectivity index (χ1n) is 4.69. The molecule has 0 saturated carbocycles. The zero-order valence-corrected chi connectivity index (χ0v) is 9.11. The maximum absolute atomic E-state index is 10.8. The molecular weight excluding hydrogens is 210 g/mol. The zero-order chi connectivity index (χ0) is 12.1. The average Bonchev–Trinajstić information content (AvgIpc) is 2.25. The van der Waals surface area contributed by atoms with Crippen LogP contribution in [0.3, 0.4) is 0 Å². The van der Waals surface area contributed by atoms with Gasteiger partial charge in [0.05, 0.1) is 12.7 Å². The van der Waals surface area contributed by atoms with E-state index in [4.69, 9.17) is 9.84 Å². The maximum atomic E-state index is 10.8. The molecule has 0 aliphatic rings. The summed E-state index contributed by atoms with van der Waals surface area (Å²) in [6.45, 7) is 1.65. The van der Waals surface area contributed by atoms with Crippen LogP contribution >= 0.6 is 0 Å². The van der Waals surface area contributed by atoms with Crippen LogP contribution in [0.5, 0.6) is 5.75 Å². The molecule has 0 spiro atoms. The van der Waals surface area contributed by atoms with Crippen molar-refractivity contribution in [3.05, 3.63) is 29.3 Å². The quantitative estimate of drug-likeness (QED) is 0.799. The van der Waals surface area contributed by atoms with Crippen molar-refractivity contribution < 1.29 is 19.4 Å². The van der Waals surface area contributed by atoms with Gasteiger partial charge in [-0.25, -0.2) is 4.79 Å². The van der Waals surface area contributed by atoms with E-state index in [0.717, 1.165) is 0 Å². The number of benzene rings is 1. The van der Waals surface area contributed by atoms with Crippen LogP contribution in [0.2, 0.25) is 0 Å². The topological polar surface area (TPSA) is 75.6 Å². The Morgan fingerprint density at radius 3 is 2.62 bits per heavy atom. The SMILES string of the molecule is COc1ccc(C(=O)O)cc1CNC(C)=O. The summed E-state index contributed by atoms with van der Waals surface area (Å²) in [5.41, 5.74) is 0.804. The Kier molecular flexibility index (Phi) is 3.88. The molecule has 0 heterocycles. The van der Waals surface area contributed by atoms with Crippen molar-refractivity contribution in [2.24, 2.45) is 0 Å². The molecule has 2 N–H and O–H groups in total. The third-order valence-electron chi connectivity index (χ3n) is 2.06. The average molecular weight is 223 g/mol. The first-order valence-corrected chi connectivity index (χ1v) is 4.69. The van der Waals surface area contributed by atoms with E-state index in [1.807, 2.05) is 0 Å². The summed E-state index contributed by atoms with van der Waals surface area (Å²) in [7, 11) is 1.49. The molecule has 0 fully saturated rings. The predicted octanol–water partition coefficient (Wildman–Crippen LogP) is 1.03. The zero-order valence-electron chi connectivity index (χ0n) is 9.11. The Balaban J connectivity index is 2.97. The number of nitrogens with one attached hydrogen (secondary N) is 1. The van der Waals surface area contributed by atoms with Crippen molar-refractivity contribution in [3.8, 4) is 5.75 Å². The maximum Gasteiger partial charge on any atom is 0.335 e. The summed E-state index contributed by atoms with van der Waals surface area (Å²) < 4.78 is 5.07. The molecule has 0 bridgehead atoms. The molecule has 0 aliphatic heterocycles. The Bertz CT molecular complexity index is 414. The minimum atomic E-state index is -1.01. The molecule has 1 aromatic rings. The number of carbonyl (C=O) groups is 2. The number of amides is 1. The minimum Gasteiger partial charge on any atom is -0.496 e. The molecule has 1 amide bonds. The second-order valence-electron chi connectivity index (χ2n) is 3.24. The summed E-state index contributed by atoms with van der Waals surface area (Å²) >= 11 is 0. The largest absolute Gasteiger partial charge is 0.496 e. The molecule has 86 valence electrons. The molecule has 0 atom stereocenters. The molecule has 0 unspecified atom stereocenters. The molecule has 1 aromatic carbocycles. The predicted molar refractivity (Wildman–Crippen MR) is 57.5 cm³/mol. The van der Waals surface area contributed by atoms with Gasteiger partial charge < -0.3 is 15.2 Å². The van der Waals surface area contributed by atoms with Gasteiger partial charge in [0.15, 0.2) is 0 Å². The second-order valence-corrected chi connectivity index (χ2v) is 3.24. The first kappa shape index (κ1) is 12.0. The van der Waals surface area contributed by atoms with Gasteiger partial charge in [-0.2, -0.15) is 0 Å². The van der Waals surface area contributed by atoms with Gasteiger partial charge in [0.1, 0.15) is 5.75 Å². The first-order chi connectivity index (χ1) is 7.54. The number of hydrogen-bond acceptors (Lipinski definition) is 3. The van der Waals surface area contributed by atoms with E-state index in [1.54, 1.807) is 6.07 Å². The molecule has 5 nitrogen and oxygen atoms in total. The van der Waals surface area contributed by atoms with Crippen molar-refractivity contribution in [1.82, 2.24) is 5.32 Å². The lowest BCUT2D eigenvalue weighted by molar-refractivity contribution is -0.119. The molecule has 0 aromatic heterocycles. The number of ether oxygens (including phenoxy) is 1. The number of carboxylic acid groups (broad SMARTS) is 1. The van der Waals surface area contributed by atoms with Crippen LogP contribution in [0.4, 0.5) is 0 Å². The molecule has 1 rings (SSSR count). The smallest absolute Gasteiger partial charge is 0.335 e. The van der Waals surface area contributed by atoms with Crippen LogP contribution in [0.15, 0.2) is 18.2 Å². The number of rotatable bonds is 4. The Hall–Kier alpha value is -2.04. The van der Waals surface area contributed by atoms with Gasteiger partial charge in [-0.3, -0.25) is 4.79 Å². The van der Waals surface area contributed by atoms with Crippen molar-refractivity contribution in [2.45, 2.75) is 13.5 Å². The molecule has 0 radical (unpaired) electrons. The van der Waals surface area contributed by atoms with E-state index in [1.165, 1.54) is 26.2 Å². The van der Waals surface area contributed by atoms with Crippen LogP contribution < -0.4 is 10.1 Å². The minimum absolute atomic E-state index is 0.168. The lowest BCUT2D eigenvalue weighted by Crippen LogP contribution is -2.19. The van der Waals surface area contributed by atoms with Crippen LogP contribution in [0, 0.1) is 0 Å². The Morgan fingerprint density at radius 1 is 1.44 bits per heavy atom. The van der Waals surface area contributed by atoms with E-state index < -0.39 is 5.97 Å². The van der Waals surface area contributed by atoms with E-state index in [0.29, 0.717) is 11.3 Å². The van der Waals surface area contributed by atoms with Crippen molar-refractivity contribution in [2.75, 3.05) is 7.11 Å². The van der Waals surface area contributed by atoms with Crippen molar-refractivity contribution in [1.29, 1.82) is 0 Å². The fraction of sp³-hybridized carbons (Fsp3) is 0.273. The third-order valence-corrected chi connectivity index (χ3v) is 2.06. The summed E-state index contributed by atoms with van der Waals surface area (Å²) in [6, 6.07) is 4.51. The second kappa shape index (κ2) is 5.16. The number of methoxy groups -OCH3 is 1. The van der Waals surface area contributed by atoms with Gasteiger partial charge in [0, 0.05) is 19.0 Å². The number of aromatic carboxylic acids is 1. The fourth-order valence-corrected chi connectivity index (χ4v) is 1.27. The van der Waals surface area contributed by atoms with Gasteiger partial charge in [-0.05, 0) is 18.2 Å². The number of hydrogen-bond donors (Lipinski definition) is 2. The lowest BCUT2D eigenvalue weighted by Gasteiger charge is -2.09. The highest BCUT2D eigenvalue weighted by atomic mass is 16.5. The lowest BCUT2D eigenvalue weighted by atomic mass is 10.1. The summed E-state index contributed by atoms with van der Waals surface area (Å²) in [5.74, 6) is -0.631. The highest BCUT2D eigenvalue weighted by Gasteiger charge is 2.08. The third kappa shape index (κ3) is 2.98. The molecular formula is C11H13NO4. The van der Waals surface area contributed by atoms with Gasteiger partial charge >= 0.3 is 5.97 Å². The Labute approximate surface area is 93.0 Å². The summed E-state index contributed by atoms with van der Waals surface area (Å²) in [4.78, 5) is 21.5. The van der Waals surface area contributed by atoms with Crippen molar-refractivity contribution >= 4 is 11.9 Å². The molecule has 0 aliphatic carbocycles. The van der Waals surface area contributed by atoms with Gasteiger partial charge in [0.25, 0.3) is 0 Å². The fourth-order valence-electron chi connectivity index (χ4n) is 1.27. The van der Waals surface area contributed by atoms with Gasteiger partial charge in [-0.1, -0.05) is 0 Å². The van der Waals surface area contributed by atoms with Gasteiger partial charge in [-0.15, -0.1) is 0 Å². The van der Waals surface area contributed by atoms with Crippen LogP contribution in [0.25, 0.3) is 0 Å². The monoisotopic (exact) mass is 223 g/mol. The summed E-state index contributed by atoms with van der Waals surface area (Å²) in [5, 5.41) is 11.4. The number of carbonyl (C=O) groups excluding carboxylic acids is 1. The van der Waals surface area contributed by atoms with E-state index >= 15 is 0 Å². The molecule has 16 heavy (non-hydrogen) atoms. The standard InChI is InChI=1S/C11H13NO4/c1-7(13)12-6-9-5-8(11(14)15)3-4-10(9)16-2/h3-5H,6H2,1-2H3,(H,12,13)(H,14,15). The highest BCUT2D eigenvalue weighted by Crippen LogP contribution is 2.19. The number of carboxylic acids is 1.